The Bertz CT molecular complexity index is 1220. The number of hydrogen-bond donors (Lipinski definition) is 9. The summed E-state index contributed by atoms with van der Waals surface area (Å²) in [7, 11) is 0. The van der Waals surface area contributed by atoms with Crippen molar-refractivity contribution in [1.82, 2.24) is 20.9 Å². The number of benzene rings is 3. The lowest BCUT2D eigenvalue weighted by molar-refractivity contribution is 0.0944. The number of nitrogens with one attached hydrogen (secondary N) is 3. The molecule has 0 aliphatic rings. The summed E-state index contributed by atoms with van der Waals surface area (Å²) in [5.41, 5.74) is -0.325. The zero-order chi connectivity index (χ0) is 29.2. The number of hydrogen-bond acceptors (Lipinski definition) is 10. The number of nitrogens with zero attached hydrogens (tertiary/aromatic N) is 1. The molecule has 0 spiro atoms. The zero-order valence-corrected chi connectivity index (χ0v) is 22.5. The van der Waals surface area contributed by atoms with E-state index in [2.05, 4.69) is 16.0 Å². The van der Waals surface area contributed by atoms with E-state index in [1.54, 1.807) is 4.90 Å². The molecule has 0 atom stereocenters. The molecule has 3 rings (SSSR count). The molecule has 220 valence electrons. The number of aromatic hydroxyl groups is 6. The molecule has 0 radical (unpaired) electrons. The van der Waals surface area contributed by atoms with Gasteiger partial charge in [0, 0.05) is 39.3 Å². The standard InChI is InChI=1S/C27H30N4O9.ClH/c32-19-7-1-4-16(22(19)35)25(38)28-10-13-31(14-11-29-26(39)17-5-2-8-20(33)23(17)36)15-12-30-27(40)18-6-3-9-21(34)24(18)37;/h1-9,32-37H,10-15H2,(H,28,38)(H,29,39)(H,30,40);1H. The molecular formula is C27H31ClN4O9. The van der Waals surface area contributed by atoms with Crippen LogP contribution in [0.25, 0.3) is 0 Å². The van der Waals surface area contributed by atoms with Crippen LogP contribution in [0.3, 0.4) is 0 Å². The Morgan fingerprint density at radius 2 is 0.780 bits per heavy atom. The van der Waals surface area contributed by atoms with Crippen LogP contribution in [0.5, 0.6) is 34.5 Å². The van der Waals surface area contributed by atoms with Gasteiger partial charge in [-0.1, -0.05) is 18.2 Å². The maximum atomic E-state index is 12.4. The van der Waals surface area contributed by atoms with Crippen molar-refractivity contribution >= 4 is 30.1 Å². The summed E-state index contributed by atoms with van der Waals surface area (Å²) in [6.45, 7) is 1.09. The summed E-state index contributed by atoms with van der Waals surface area (Å²) in [5.74, 6) is -4.80. The van der Waals surface area contributed by atoms with Crippen molar-refractivity contribution in [2.45, 2.75) is 0 Å². The van der Waals surface area contributed by atoms with Gasteiger partial charge in [0.05, 0.1) is 16.7 Å². The van der Waals surface area contributed by atoms with E-state index in [1.165, 1.54) is 54.6 Å². The van der Waals surface area contributed by atoms with Crippen LogP contribution >= 0.6 is 12.4 Å². The Kier molecular flexibility index (Phi) is 11.9. The summed E-state index contributed by atoms with van der Waals surface area (Å²) in [5, 5.41) is 66.4. The van der Waals surface area contributed by atoms with Gasteiger partial charge in [-0.2, -0.15) is 0 Å². The molecule has 9 N–H and O–H groups in total. The van der Waals surface area contributed by atoms with Gasteiger partial charge in [0.25, 0.3) is 17.7 Å². The lowest BCUT2D eigenvalue weighted by Crippen LogP contribution is -2.43. The quantitative estimate of drug-likeness (QED) is 0.138. The van der Waals surface area contributed by atoms with Gasteiger partial charge in [-0.05, 0) is 36.4 Å². The first kappa shape index (κ1) is 32.3. The smallest absolute Gasteiger partial charge is 0.255 e. The molecule has 0 bridgehead atoms. The van der Waals surface area contributed by atoms with E-state index in [9.17, 15) is 45.0 Å². The third-order valence-corrected chi connectivity index (χ3v) is 5.92. The normalized spacial score (nSPS) is 10.5. The highest BCUT2D eigenvalue weighted by atomic mass is 35.5. The molecule has 0 heterocycles. The van der Waals surface area contributed by atoms with E-state index >= 15 is 0 Å². The molecule has 3 amide bonds. The second kappa shape index (κ2) is 15.1. The summed E-state index contributed by atoms with van der Waals surface area (Å²) in [6, 6.07) is 12.0. The average Bonchev–Trinajstić information content (AvgIpc) is 2.92. The van der Waals surface area contributed by atoms with E-state index in [1.807, 2.05) is 0 Å². The minimum atomic E-state index is -0.617. The maximum absolute atomic E-state index is 12.4. The van der Waals surface area contributed by atoms with Crippen molar-refractivity contribution in [3.05, 3.63) is 71.3 Å². The third kappa shape index (κ3) is 8.55. The Hall–Kier alpha value is -4.88. The van der Waals surface area contributed by atoms with Crippen molar-refractivity contribution in [2.75, 3.05) is 39.3 Å². The lowest BCUT2D eigenvalue weighted by Gasteiger charge is -2.23. The van der Waals surface area contributed by atoms with Gasteiger partial charge < -0.3 is 46.6 Å². The number of rotatable bonds is 12. The number of carbonyl (C=O) groups is 3. The maximum Gasteiger partial charge on any atom is 0.255 e. The second-order valence-electron chi connectivity index (χ2n) is 8.63. The number of amides is 3. The summed E-state index contributed by atoms with van der Waals surface area (Å²) < 4.78 is 0. The van der Waals surface area contributed by atoms with Crippen molar-refractivity contribution in [1.29, 1.82) is 0 Å². The summed E-state index contributed by atoms with van der Waals surface area (Å²) in [6.07, 6.45) is 0. The second-order valence-corrected chi connectivity index (χ2v) is 8.63. The fraction of sp³-hybridized carbons (Fsp3) is 0.222. The summed E-state index contributed by atoms with van der Waals surface area (Å²) in [4.78, 5) is 39.1. The molecule has 14 heteroatoms. The predicted octanol–water partition coefficient (Wildman–Crippen LogP) is 1.23. The molecule has 3 aromatic rings. The van der Waals surface area contributed by atoms with Gasteiger partial charge in [-0.15, -0.1) is 12.4 Å². The van der Waals surface area contributed by atoms with Gasteiger partial charge in [0.1, 0.15) is 0 Å². The lowest BCUT2D eigenvalue weighted by atomic mass is 10.1. The van der Waals surface area contributed by atoms with Gasteiger partial charge in [-0.3, -0.25) is 19.3 Å². The molecule has 0 saturated heterocycles. The fourth-order valence-electron chi connectivity index (χ4n) is 3.75. The third-order valence-electron chi connectivity index (χ3n) is 5.92. The predicted molar refractivity (Wildman–Crippen MR) is 150 cm³/mol. The van der Waals surface area contributed by atoms with Crippen molar-refractivity contribution in [3.63, 3.8) is 0 Å². The first-order valence-electron chi connectivity index (χ1n) is 12.2. The first-order chi connectivity index (χ1) is 19.1. The van der Waals surface area contributed by atoms with Crippen LogP contribution in [0.1, 0.15) is 31.1 Å². The van der Waals surface area contributed by atoms with E-state index in [0.29, 0.717) is 0 Å². The molecule has 41 heavy (non-hydrogen) atoms. The van der Waals surface area contributed by atoms with Crippen LogP contribution < -0.4 is 16.0 Å². The van der Waals surface area contributed by atoms with Gasteiger partial charge in [0.15, 0.2) is 34.5 Å². The van der Waals surface area contributed by atoms with Crippen molar-refractivity contribution in [2.24, 2.45) is 0 Å². The minimum Gasteiger partial charge on any atom is -0.504 e. The van der Waals surface area contributed by atoms with E-state index in [0.717, 1.165) is 0 Å². The zero-order valence-electron chi connectivity index (χ0n) is 21.7. The number of phenols is 6. The highest BCUT2D eigenvalue weighted by Crippen LogP contribution is 2.29. The molecule has 13 nitrogen and oxygen atoms in total. The molecule has 0 saturated carbocycles. The van der Waals surface area contributed by atoms with E-state index in [4.69, 9.17) is 0 Å². The van der Waals surface area contributed by atoms with Crippen LogP contribution in [0.4, 0.5) is 0 Å². The molecule has 0 aliphatic carbocycles. The molecule has 3 aromatic carbocycles. The largest absolute Gasteiger partial charge is 0.504 e. The monoisotopic (exact) mass is 590 g/mol. The fourth-order valence-corrected chi connectivity index (χ4v) is 3.75. The molecule has 0 unspecified atom stereocenters. The van der Waals surface area contributed by atoms with Crippen LogP contribution in [0.2, 0.25) is 0 Å². The number of halogens is 1. The SMILES string of the molecule is Cl.O=C(NCCN(CCNC(=O)c1cccc(O)c1O)CCNC(=O)c1cccc(O)c1O)c1cccc(O)c1O. The van der Waals surface area contributed by atoms with Crippen LogP contribution in [-0.2, 0) is 0 Å². The number of phenolic OH excluding ortho intramolecular Hbond substituents is 6. The average molecular weight is 591 g/mol. The Balaban J connectivity index is 0.00000588. The van der Waals surface area contributed by atoms with E-state index < -0.39 is 52.2 Å². The van der Waals surface area contributed by atoms with Gasteiger partial charge in [0.2, 0.25) is 0 Å². The van der Waals surface area contributed by atoms with E-state index in [-0.39, 0.29) is 68.4 Å². The summed E-state index contributed by atoms with van der Waals surface area (Å²) >= 11 is 0. The highest BCUT2D eigenvalue weighted by molar-refractivity contribution is 5.98. The molecule has 0 aromatic heterocycles. The van der Waals surface area contributed by atoms with Gasteiger partial charge >= 0.3 is 0 Å². The minimum absolute atomic E-state index is 0. The number of carbonyl (C=O) groups excluding carboxylic acids is 3. The van der Waals surface area contributed by atoms with Crippen LogP contribution in [0.15, 0.2) is 54.6 Å². The number of para-hydroxylation sites is 3. The Morgan fingerprint density at radius 3 is 1.05 bits per heavy atom. The molecular weight excluding hydrogens is 560 g/mol. The van der Waals surface area contributed by atoms with Gasteiger partial charge in [-0.25, -0.2) is 0 Å². The highest BCUT2D eigenvalue weighted by Gasteiger charge is 2.17. The van der Waals surface area contributed by atoms with Crippen molar-refractivity contribution in [3.8, 4) is 34.5 Å². The Labute approximate surface area is 241 Å². The molecule has 0 fully saturated rings. The van der Waals surface area contributed by atoms with Crippen molar-refractivity contribution < 1.29 is 45.0 Å². The molecule has 0 aliphatic heterocycles. The topological polar surface area (TPSA) is 212 Å². The Morgan fingerprint density at radius 1 is 0.512 bits per heavy atom. The van der Waals surface area contributed by atoms with Crippen LogP contribution in [-0.4, -0.2) is 92.5 Å². The van der Waals surface area contributed by atoms with Crippen LogP contribution in [0, 0.1) is 0 Å². The first-order valence-corrected chi connectivity index (χ1v) is 12.2.